The van der Waals surface area contributed by atoms with E-state index in [1.54, 1.807) is 47.6 Å². The first-order valence-corrected chi connectivity index (χ1v) is 7.01. The summed E-state index contributed by atoms with van der Waals surface area (Å²) in [6.45, 7) is 0. The first-order chi connectivity index (χ1) is 11.4. The molecule has 3 rings (SSSR count). The van der Waals surface area contributed by atoms with Gasteiger partial charge in [-0.05, 0) is 36.4 Å². The van der Waals surface area contributed by atoms with E-state index in [0.717, 1.165) is 17.8 Å². The molecule has 3 aromatic rings. The minimum absolute atomic E-state index is 0.404. The number of hydrogen-bond acceptors (Lipinski definition) is 2. The van der Waals surface area contributed by atoms with Gasteiger partial charge in [-0.25, -0.2) is 4.98 Å². The zero-order valence-corrected chi connectivity index (χ0v) is 12.3. The monoisotopic (exact) mass is 331 g/mol. The van der Waals surface area contributed by atoms with E-state index in [2.05, 4.69) is 10.3 Å². The highest BCUT2D eigenvalue weighted by molar-refractivity contribution is 6.05. The first-order valence-electron chi connectivity index (χ1n) is 7.01. The number of nitrogens with one attached hydrogen (secondary N) is 1. The molecule has 0 aliphatic heterocycles. The van der Waals surface area contributed by atoms with E-state index in [4.69, 9.17) is 0 Å². The van der Waals surface area contributed by atoms with Crippen LogP contribution in [0.25, 0.3) is 5.69 Å². The molecule has 0 saturated carbocycles. The summed E-state index contributed by atoms with van der Waals surface area (Å²) in [7, 11) is 0. The van der Waals surface area contributed by atoms with Crippen LogP contribution in [0.2, 0.25) is 0 Å². The number of anilines is 1. The van der Waals surface area contributed by atoms with Gasteiger partial charge < -0.3 is 9.88 Å². The molecule has 2 aromatic carbocycles. The maximum absolute atomic E-state index is 13.0. The largest absolute Gasteiger partial charge is 0.417 e. The van der Waals surface area contributed by atoms with Gasteiger partial charge in [-0.15, -0.1) is 0 Å². The number of imidazole rings is 1. The van der Waals surface area contributed by atoms with Crippen molar-refractivity contribution in [1.29, 1.82) is 0 Å². The third-order valence-electron chi connectivity index (χ3n) is 3.40. The minimum Gasteiger partial charge on any atom is -0.322 e. The van der Waals surface area contributed by atoms with E-state index >= 15 is 0 Å². The summed E-state index contributed by atoms with van der Waals surface area (Å²) in [6, 6.07) is 11.4. The van der Waals surface area contributed by atoms with Crippen LogP contribution in [-0.4, -0.2) is 15.5 Å². The molecular formula is C17H12F3N3O. The zero-order chi connectivity index (χ0) is 17.2. The molecule has 24 heavy (non-hydrogen) atoms. The molecule has 122 valence electrons. The number of aromatic nitrogens is 2. The summed E-state index contributed by atoms with van der Waals surface area (Å²) in [5, 5.41) is 2.48. The molecule has 0 spiro atoms. The van der Waals surface area contributed by atoms with Gasteiger partial charge in [-0.1, -0.05) is 12.1 Å². The lowest BCUT2D eigenvalue weighted by Gasteiger charge is -2.13. The Balaban J connectivity index is 1.81. The van der Waals surface area contributed by atoms with Crippen LogP contribution in [0.15, 0.2) is 67.3 Å². The molecule has 1 N–H and O–H groups in total. The molecule has 0 aliphatic rings. The molecule has 0 fully saturated rings. The van der Waals surface area contributed by atoms with Crippen molar-refractivity contribution in [2.24, 2.45) is 0 Å². The van der Waals surface area contributed by atoms with E-state index in [0.29, 0.717) is 5.69 Å². The first kappa shape index (κ1) is 15.8. The van der Waals surface area contributed by atoms with Gasteiger partial charge in [0.15, 0.2) is 0 Å². The lowest BCUT2D eigenvalue weighted by molar-refractivity contribution is -0.137. The summed E-state index contributed by atoms with van der Waals surface area (Å²) in [5.41, 5.74) is -0.150. The Morgan fingerprint density at radius 3 is 2.38 bits per heavy atom. The Labute approximate surface area is 135 Å². The van der Waals surface area contributed by atoms with Gasteiger partial charge in [-0.2, -0.15) is 13.2 Å². The van der Waals surface area contributed by atoms with E-state index in [1.807, 2.05) is 0 Å². The third-order valence-corrected chi connectivity index (χ3v) is 3.40. The molecule has 7 heteroatoms. The fourth-order valence-electron chi connectivity index (χ4n) is 2.26. The highest BCUT2D eigenvalue weighted by Gasteiger charge is 2.34. The highest BCUT2D eigenvalue weighted by Crippen LogP contribution is 2.32. The Kier molecular flexibility index (Phi) is 4.07. The van der Waals surface area contributed by atoms with E-state index in [9.17, 15) is 18.0 Å². The Morgan fingerprint density at radius 2 is 1.75 bits per heavy atom. The predicted octanol–water partition coefficient (Wildman–Crippen LogP) is 4.14. The van der Waals surface area contributed by atoms with Crippen molar-refractivity contribution in [2.45, 2.75) is 6.18 Å². The van der Waals surface area contributed by atoms with Crippen LogP contribution in [0.5, 0.6) is 0 Å². The Morgan fingerprint density at radius 1 is 1.04 bits per heavy atom. The number of amides is 1. The molecule has 0 aliphatic carbocycles. The SMILES string of the molecule is O=C(Nc1ccc(-n2ccnc2)cc1)c1ccccc1C(F)(F)F. The van der Waals surface area contributed by atoms with E-state index < -0.39 is 23.2 Å². The number of benzene rings is 2. The average molecular weight is 331 g/mol. The molecule has 0 radical (unpaired) electrons. The second-order valence-corrected chi connectivity index (χ2v) is 5.01. The number of carbonyl (C=O) groups is 1. The Bertz CT molecular complexity index is 840. The number of carbonyl (C=O) groups excluding carboxylic acids is 1. The summed E-state index contributed by atoms with van der Waals surface area (Å²) < 4.78 is 40.7. The molecule has 1 amide bonds. The minimum atomic E-state index is -4.58. The van der Waals surface area contributed by atoms with Gasteiger partial charge in [-0.3, -0.25) is 4.79 Å². The lowest BCUT2D eigenvalue weighted by Crippen LogP contribution is -2.18. The fourth-order valence-corrected chi connectivity index (χ4v) is 2.26. The van der Waals surface area contributed by atoms with Crippen molar-refractivity contribution in [3.05, 3.63) is 78.4 Å². The van der Waals surface area contributed by atoms with Crippen LogP contribution >= 0.6 is 0 Å². The quantitative estimate of drug-likeness (QED) is 0.784. The number of alkyl halides is 3. The topological polar surface area (TPSA) is 46.9 Å². The van der Waals surface area contributed by atoms with Crippen molar-refractivity contribution in [3.8, 4) is 5.69 Å². The molecule has 0 bridgehead atoms. The Hall–Kier alpha value is -3.09. The lowest BCUT2D eigenvalue weighted by atomic mass is 10.1. The maximum Gasteiger partial charge on any atom is 0.417 e. The van der Waals surface area contributed by atoms with Crippen LogP contribution < -0.4 is 5.32 Å². The fraction of sp³-hybridized carbons (Fsp3) is 0.0588. The van der Waals surface area contributed by atoms with Crippen molar-refractivity contribution in [1.82, 2.24) is 9.55 Å². The van der Waals surface area contributed by atoms with Crippen LogP contribution in [0.4, 0.5) is 18.9 Å². The molecule has 1 aromatic heterocycles. The van der Waals surface area contributed by atoms with Crippen molar-refractivity contribution >= 4 is 11.6 Å². The summed E-state index contributed by atoms with van der Waals surface area (Å²) in [5.74, 6) is -0.807. The second-order valence-electron chi connectivity index (χ2n) is 5.01. The van der Waals surface area contributed by atoms with E-state index in [1.165, 1.54) is 12.1 Å². The van der Waals surface area contributed by atoms with Gasteiger partial charge >= 0.3 is 6.18 Å². The van der Waals surface area contributed by atoms with Crippen LogP contribution in [-0.2, 0) is 6.18 Å². The van der Waals surface area contributed by atoms with Crippen LogP contribution in [0, 0.1) is 0 Å². The summed E-state index contributed by atoms with van der Waals surface area (Å²) in [4.78, 5) is 16.1. The average Bonchev–Trinajstić information content (AvgIpc) is 3.09. The van der Waals surface area contributed by atoms with Crippen LogP contribution in [0.3, 0.4) is 0 Å². The molecular weight excluding hydrogens is 319 g/mol. The second kappa shape index (κ2) is 6.19. The number of halogens is 3. The highest BCUT2D eigenvalue weighted by atomic mass is 19.4. The van der Waals surface area contributed by atoms with Crippen molar-refractivity contribution in [3.63, 3.8) is 0 Å². The zero-order valence-electron chi connectivity index (χ0n) is 12.3. The molecule has 0 atom stereocenters. The van der Waals surface area contributed by atoms with Crippen LogP contribution in [0.1, 0.15) is 15.9 Å². The number of rotatable bonds is 3. The summed E-state index contributed by atoms with van der Waals surface area (Å²) in [6.07, 6.45) is 0.420. The molecule has 4 nitrogen and oxygen atoms in total. The van der Waals surface area contributed by atoms with Gasteiger partial charge in [0.2, 0.25) is 0 Å². The smallest absolute Gasteiger partial charge is 0.322 e. The summed E-state index contributed by atoms with van der Waals surface area (Å²) >= 11 is 0. The molecule has 0 unspecified atom stereocenters. The molecule has 0 saturated heterocycles. The van der Waals surface area contributed by atoms with Gasteiger partial charge in [0.05, 0.1) is 17.5 Å². The van der Waals surface area contributed by atoms with Gasteiger partial charge in [0.25, 0.3) is 5.91 Å². The van der Waals surface area contributed by atoms with Crippen molar-refractivity contribution in [2.75, 3.05) is 5.32 Å². The van der Waals surface area contributed by atoms with Gasteiger partial charge in [0.1, 0.15) is 0 Å². The molecule has 1 heterocycles. The standard InChI is InChI=1S/C17H12F3N3O/c18-17(19,20)15-4-2-1-3-14(15)16(24)22-12-5-7-13(8-6-12)23-10-9-21-11-23/h1-11H,(H,22,24). The number of hydrogen-bond donors (Lipinski definition) is 1. The maximum atomic E-state index is 13.0. The number of nitrogens with zero attached hydrogens (tertiary/aromatic N) is 2. The third kappa shape index (κ3) is 3.29. The van der Waals surface area contributed by atoms with Crippen molar-refractivity contribution < 1.29 is 18.0 Å². The van der Waals surface area contributed by atoms with Gasteiger partial charge in [0, 0.05) is 23.8 Å². The normalized spacial score (nSPS) is 11.3. The predicted molar refractivity (Wildman–Crippen MR) is 83.0 cm³/mol. The van der Waals surface area contributed by atoms with E-state index in [-0.39, 0.29) is 0 Å².